The number of imidazole rings is 1. The van der Waals surface area contributed by atoms with Gasteiger partial charge in [0.15, 0.2) is 0 Å². The average Bonchev–Trinajstić information content (AvgIpc) is 3.25. The molecule has 0 aliphatic carbocycles. The Morgan fingerprint density at radius 3 is 2.32 bits per heavy atom. The second-order valence-corrected chi connectivity index (χ2v) is 6.77. The highest BCUT2D eigenvalue weighted by atomic mass is 16.4. The van der Waals surface area contributed by atoms with E-state index >= 15 is 0 Å². The number of hydrogen-bond donors (Lipinski definition) is 1. The van der Waals surface area contributed by atoms with E-state index in [4.69, 9.17) is 0 Å². The standard InChI is InChI=1S/C23H19N5O3/c29-21(30)16-27(14-18-13-24-11-12-25-18)23(31)20-15-28(19-9-5-2-6-10-19)22(26-20)17-7-3-1-4-8-17/h1-13,15H,14,16H2,(H,29,30). The smallest absolute Gasteiger partial charge is 0.323 e. The largest absolute Gasteiger partial charge is 0.480 e. The fraction of sp³-hybridized carbons (Fsp3) is 0.0870. The molecular formula is C23H19N5O3. The van der Waals surface area contributed by atoms with Gasteiger partial charge in [-0.25, -0.2) is 4.98 Å². The number of para-hydroxylation sites is 1. The maximum absolute atomic E-state index is 13.3. The molecule has 4 rings (SSSR count). The zero-order valence-electron chi connectivity index (χ0n) is 16.5. The molecular weight excluding hydrogens is 394 g/mol. The quantitative estimate of drug-likeness (QED) is 0.500. The van der Waals surface area contributed by atoms with Gasteiger partial charge in [0.05, 0.1) is 18.4 Å². The molecule has 0 aliphatic rings. The van der Waals surface area contributed by atoms with Crippen molar-refractivity contribution >= 4 is 11.9 Å². The van der Waals surface area contributed by atoms with Crippen molar-refractivity contribution in [2.45, 2.75) is 6.54 Å². The topological polar surface area (TPSA) is 101 Å². The Hall–Kier alpha value is -4.33. The molecule has 0 radical (unpaired) electrons. The number of hydrogen-bond acceptors (Lipinski definition) is 5. The number of rotatable bonds is 7. The first-order valence-corrected chi connectivity index (χ1v) is 9.58. The molecule has 0 spiro atoms. The van der Waals surface area contributed by atoms with Crippen LogP contribution in [0.3, 0.4) is 0 Å². The maximum atomic E-state index is 13.3. The van der Waals surface area contributed by atoms with Crippen LogP contribution in [-0.4, -0.2) is 47.9 Å². The number of nitrogens with zero attached hydrogens (tertiary/aromatic N) is 5. The third-order valence-corrected chi connectivity index (χ3v) is 4.57. The van der Waals surface area contributed by atoms with Crippen molar-refractivity contribution < 1.29 is 14.7 Å². The van der Waals surface area contributed by atoms with Gasteiger partial charge in [0.1, 0.15) is 18.1 Å². The van der Waals surface area contributed by atoms with Crippen molar-refractivity contribution in [1.29, 1.82) is 0 Å². The molecule has 154 valence electrons. The third-order valence-electron chi connectivity index (χ3n) is 4.57. The Morgan fingerprint density at radius 2 is 1.68 bits per heavy atom. The highest BCUT2D eigenvalue weighted by Crippen LogP contribution is 2.23. The van der Waals surface area contributed by atoms with Crippen LogP contribution in [0.1, 0.15) is 16.2 Å². The first kappa shape index (κ1) is 20.0. The fourth-order valence-corrected chi connectivity index (χ4v) is 3.19. The van der Waals surface area contributed by atoms with E-state index in [0.717, 1.165) is 11.3 Å². The van der Waals surface area contributed by atoms with Crippen molar-refractivity contribution in [3.63, 3.8) is 0 Å². The monoisotopic (exact) mass is 413 g/mol. The molecule has 8 nitrogen and oxygen atoms in total. The van der Waals surface area contributed by atoms with Gasteiger partial charge in [0.25, 0.3) is 5.91 Å². The lowest BCUT2D eigenvalue weighted by molar-refractivity contribution is -0.137. The molecule has 0 fully saturated rings. The molecule has 0 unspecified atom stereocenters. The first-order chi connectivity index (χ1) is 15.1. The van der Waals surface area contributed by atoms with E-state index in [0.29, 0.717) is 11.5 Å². The summed E-state index contributed by atoms with van der Waals surface area (Å²) in [6.07, 6.45) is 6.14. The molecule has 4 aromatic rings. The highest BCUT2D eigenvalue weighted by Gasteiger charge is 2.24. The molecule has 8 heteroatoms. The molecule has 1 N–H and O–H groups in total. The van der Waals surface area contributed by atoms with E-state index in [-0.39, 0.29) is 12.2 Å². The summed E-state index contributed by atoms with van der Waals surface area (Å²) in [5.74, 6) is -1.03. The molecule has 2 aromatic heterocycles. The third kappa shape index (κ3) is 4.64. The van der Waals surface area contributed by atoms with Gasteiger partial charge >= 0.3 is 5.97 Å². The SMILES string of the molecule is O=C(O)CN(Cc1cnccn1)C(=O)c1cn(-c2ccccc2)c(-c2ccccc2)n1. The van der Waals surface area contributed by atoms with Gasteiger partial charge in [0, 0.05) is 29.8 Å². The van der Waals surface area contributed by atoms with Crippen molar-refractivity contribution in [3.05, 3.63) is 96.8 Å². The molecule has 0 aliphatic heterocycles. The highest BCUT2D eigenvalue weighted by molar-refractivity contribution is 5.94. The predicted molar refractivity (Wildman–Crippen MR) is 113 cm³/mol. The van der Waals surface area contributed by atoms with Crippen LogP contribution in [0.2, 0.25) is 0 Å². The summed E-state index contributed by atoms with van der Waals surface area (Å²) in [7, 11) is 0. The van der Waals surface area contributed by atoms with Gasteiger partial charge in [-0.05, 0) is 12.1 Å². The summed E-state index contributed by atoms with van der Waals surface area (Å²) < 4.78 is 1.82. The number of carbonyl (C=O) groups is 2. The summed E-state index contributed by atoms with van der Waals surface area (Å²) in [4.78, 5) is 38.5. The number of aliphatic carboxylic acids is 1. The lowest BCUT2D eigenvalue weighted by Crippen LogP contribution is -2.35. The minimum absolute atomic E-state index is 0.0117. The summed E-state index contributed by atoms with van der Waals surface area (Å²) in [5, 5.41) is 9.32. The van der Waals surface area contributed by atoms with Gasteiger partial charge in [-0.1, -0.05) is 48.5 Å². The molecule has 0 bridgehead atoms. The Kier molecular flexibility index (Phi) is 5.79. The predicted octanol–water partition coefficient (Wildman–Crippen LogP) is 3.06. The Morgan fingerprint density at radius 1 is 0.968 bits per heavy atom. The van der Waals surface area contributed by atoms with E-state index in [1.807, 2.05) is 65.2 Å². The van der Waals surface area contributed by atoms with Crippen LogP contribution in [0, 0.1) is 0 Å². The average molecular weight is 413 g/mol. The Balaban J connectivity index is 1.74. The van der Waals surface area contributed by atoms with Gasteiger partial charge in [-0.15, -0.1) is 0 Å². The van der Waals surface area contributed by atoms with Gasteiger partial charge in [-0.2, -0.15) is 0 Å². The Labute approximate surface area is 178 Å². The van der Waals surface area contributed by atoms with Crippen LogP contribution in [0.5, 0.6) is 0 Å². The molecule has 1 amide bonds. The maximum Gasteiger partial charge on any atom is 0.323 e. The van der Waals surface area contributed by atoms with Gasteiger partial charge in [-0.3, -0.25) is 24.1 Å². The number of carbonyl (C=O) groups excluding carboxylic acids is 1. The molecule has 31 heavy (non-hydrogen) atoms. The van der Waals surface area contributed by atoms with E-state index in [1.54, 1.807) is 6.20 Å². The first-order valence-electron chi connectivity index (χ1n) is 9.58. The number of carboxylic acids is 1. The van der Waals surface area contributed by atoms with Crippen molar-refractivity contribution in [2.75, 3.05) is 6.54 Å². The lowest BCUT2D eigenvalue weighted by atomic mass is 10.2. The van der Waals surface area contributed by atoms with E-state index in [1.165, 1.54) is 23.5 Å². The van der Waals surface area contributed by atoms with Crippen LogP contribution in [0.4, 0.5) is 0 Å². The molecule has 0 saturated carbocycles. The number of aromatic nitrogens is 4. The minimum Gasteiger partial charge on any atom is -0.480 e. The van der Waals surface area contributed by atoms with Crippen molar-refractivity contribution in [3.8, 4) is 17.1 Å². The van der Waals surface area contributed by atoms with Crippen LogP contribution in [-0.2, 0) is 11.3 Å². The summed E-state index contributed by atoms with van der Waals surface area (Å²) in [5.41, 5.74) is 2.31. The minimum atomic E-state index is -1.12. The van der Waals surface area contributed by atoms with Crippen LogP contribution >= 0.6 is 0 Å². The lowest BCUT2D eigenvalue weighted by Gasteiger charge is -2.18. The van der Waals surface area contributed by atoms with Crippen molar-refractivity contribution in [1.82, 2.24) is 24.4 Å². The molecule has 2 aromatic carbocycles. The van der Waals surface area contributed by atoms with E-state index in [9.17, 15) is 14.7 Å². The van der Waals surface area contributed by atoms with Gasteiger partial charge < -0.3 is 10.0 Å². The summed E-state index contributed by atoms with van der Waals surface area (Å²) in [6, 6.07) is 19.0. The van der Waals surface area contributed by atoms with Crippen LogP contribution in [0.15, 0.2) is 85.5 Å². The summed E-state index contributed by atoms with van der Waals surface area (Å²) in [6.45, 7) is -0.466. The van der Waals surface area contributed by atoms with Crippen LogP contribution in [0.25, 0.3) is 17.1 Å². The van der Waals surface area contributed by atoms with E-state index < -0.39 is 18.4 Å². The number of amides is 1. The number of carboxylic acid groups (broad SMARTS) is 1. The molecule has 2 heterocycles. The number of benzene rings is 2. The fourth-order valence-electron chi connectivity index (χ4n) is 3.19. The zero-order chi connectivity index (χ0) is 21.6. The van der Waals surface area contributed by atoms with E-state index in [2.05, 4.69) is 15.0 Å². The van der Waals surface area contributed by atoms with Gasteiger partial charge in [0.2, 0.25) is 0 Å². The zero-order valence-corrected chi connectivity index (χ0v) is 16.5. The Bertz CT molecular complexity index is 1120. The second-order valence-electron chi connectivity index (χ2n) is 6.77. The van der Waals surface area contributed by atoms with Crippen LogP contribution < -0.4 is 0 Å². The normalized spacial score (nSPS) is 10.6. The molecule has 0 saturated heterocycles. The summed E-state index contributed by atoms with van der Waals surface area (Å²) >= 11 is 0. The second kappa shape index (κ2) is 9.00. The van der Waals surface area contributed by atoms with Crippen molar-refractivity contribution in [2.24, 2.45) is 0 Å². The molecule has 0 atom stereocenters.